The van der Waals surface area contributed by atoms with E-state index in [0.29, 0.717) is 39.2 Å². The second-order valence-corrected chi connectivity index (χ2v) is 10.2. The maximum absolute atomic E-state index is 13.4. The number of rotatable bonds is 7. The summed E-state index contributed by atoms with van der Waals surface area (Å²) in [7, 11) is 2.24. The highest BCUT2D eigenvalue weighted by Crippen LogP contribution is 2.32. The molecule has 1 N–H and O–H groups in total. The summed E-state index contributed by atoms with van der Waals surface area (Å²) in [6, 6.07) is 17.9. The fraction of sp³-hybridized carbons (Fsp3) is 0.154. The summed E-state index contributed by atoms with van der Waals surface area (Å²) in [5.74, 6) is 0.541. The number of hydrogen-bond donors (Lipinski definition) is 1. The van der Waals surface area contributed by atoms with Crippen LogP contribution in [0, 0.1) is 0 Å². The summed E-state index contributed by atoms with van der Waals surface area (Å²) in [6.45, 7) is 0. The Hall–Kier alpha value is -4.15. The summed E-state index contributed by atoms with van der Waals surface area (Å²) < 4.78 is 37.9. The third-order valence-corrected chi connectivity index (χ3v) is 7.48. The Labute approximate surface area is 208 Å². The second-order valence-electron chi connectivity index (χ2n) is 8.01. The molecule has 0 amide bonds. The number of nitrogens with zero attached hydrogens (tertiary/aromatic N) is 3. The van der Waals surface area contributed by atoms with Crippen LogP contribution in [0.1, 0.15) is 5.56 Å². The van der Waals surface area contributed by atoms with Crippen LogP contribution in [0.5, 0.6) is 17.4 Å². The van der Waals surface area contributed by atoms with Gasteiger partial charge in [-0.15, -0.1) is 0 Å². The summed E-state index contributed by atoms with van der Waals surface area (Å²) in [5, 5.41) is 12.1. The van der Waals surface area contributed by atoms with E-state index in [9.17, 15) is 18.3 Å². The summed E-state index contributed by atoms with van der Waals surface area (Å²) >= 11 is 0. The van der Waals surface area contributed by atoms with E-state index in [2.05, 4.69) is 4.99 Å². The first-order chi connectivity index (χ1) is 17.2. The molecular formula is C26H25N3O6S. The van der Waals surface area contributed by atoms with Crippen molar-refractivity contribution >= 4 is 32.7 Å². The van der Waals surface area contributed by atoms with Gasteiger partial charge in [-0.25, -0.2) is 17.3 Å². The van der Waals surface area contributed by atoms with Crippen molar-refractivity contribution in [3.63, 3.8) is 0 Å². The van der Waals surface area contributed by atoms with Gasteiger partial charge in [-0.2, -0.15) is 0 Å². The zero-order chi connectivity index (χ0) is 26.0. The van der Waals surface area contributed by atoms with Gasteiger partial charge in [0, 0.05) is 37.1 Å². The van der Waals surface area contributed by atoms with E-state index in [0.717, 1.165) is 4.31 Å². The van der Waals surface area contributed by atoms with Gasteiger partial charge in [0.15, 0.2) is 11.5 Å². The minimum Gasteiger partial charge on any atom is -0.494 e. The summed E-state index contributed by atoms with van der Waals surface area (Å²) in [4.78, 5) is 17.9. The van der Waals surface area contributed by atoms with Crippen molar-refractivity contribution in [1.29, 1.82) is 0 Å². The largest absolute Gasteiger partial charge is 0.494 e. The average Bonchev–Trinajstić information content (AvgIpc) is 2.88. The first-order valence-electron chi connectivity index (χ1n) is 10.8. The number of aromatic nitrogens is 1. The van der Waals surface area contributed by atoms with Gasteiger partial charge in [-0.05, 0) is 36.4 Å². The Bertz CT molecular complexity index is 1640. The number of fused-ring (bicyclic) bond motifs is 1. The van der Waals surface area contributed by atoms with E-state index in [-0.39, 0.29) is 10.8 Å². The molecule has 0 aliphatic heterocycles. The molecule has 0 aliphatic rings. The maximum Gasteiger partial charge on any atom is 0.265 e. The number of sulfonamides is 1. The van der Waals surface area contributed by atoms with Crippen molar-refractivity contribution in [3.8, 4) is 23.1 Å². The predicted octanol–water partition coefficient (Wildman–Crippen LogP) is 3.71. The van der Waals surface area contributed by atoms with Crippen molar-refractivity contribution in [1.82, 2.24) is 8.87 Å². The molecule has 4 aromatic rings. The van der Waals surface area contributed by atoms with E-state index in [1.807, 2.05) is 0 Å². The molecule has 0 unspecified atom stereocenters. The van der Waals surface area contributed by atoms with Crippen LogP contribution in [0.4, 0.5) is 5.69 Å². The van der Waals surface area contributed by atoms with Crippen LogP contribution in [-0.4, -0.2) is 56.9 Å². The third-order valence-electron chi connectivity index (χ3n) is 5.67. The number of ether oxygens (including phenoxy) is 2. The first kappa shape index (κ1) is 25.0. The number of aromatic hydroxyl groups is 1. The number of hydrogen-bond acceptors (Lipinski definition) is 7. The minimum atomic E-state index is -3.64. The first-order valence-corrected chi connectivity index (χ1v) is 12.3. The SMILES string of the molecule is COc1ccc(-n2c(O)c(C=Nc3cccc(S(=O)(=O)N(C)C)c3)c3ccccc3c2=O)cc1OC. The quantitative estimate of drug-likeness (QED) is 0.382. The van der Waals surface area contributed by atoms with Gasteiger partial charge in [-0.3, -0.25) is 9.79 Å². The second kappa shape index (κ2) is 9.84. The van der Waals surface area contributed by atoms with Crippen molar-refractivity contribution in [2.75, 3.05) is 28.3 Å². The molecule has 0 aliphatic carbocycles. The highest BCUT2D eigenvalue weighted by Gasteiger charge is 2.19. The van der Waals surface area contributed by atoms with Gasteiger partial charge in [0.1, 0.15) is 0 Å². The fourth-order valence-corrected chi connectivity index (χ4v) is 4.71. The molecule has 4 rings (SSSR count). The highest BCUT2D eigenvalue weighted by molar-refractivity contribution is 7.89. The topological polar surface area (TPSA) is 110 Å². The van der Waals surface area contributed by atoms with Crippen molar-refractivity contribution in [2.24, 2.45) is 4.99 Å². The molecule has 0 saturated heterocycles. The molecule has 0 bridgehead atoms. The van der Waals surface area contributed by atoms with E-state index >= 15 is 0 Å². The minimum absolute atomic E-state index is 0.0894. The maximum atomic E-state index is 13.4. The fourth-order valence-electron chi connectivity index (χ4n) is 3.77. The van der Waals surface area contributed by atoms with E-state index < -0.39 is 15.6 Å². The van der Waals surface area contributed by atoms with Crippen LogP contribution in [0.2, 0.25) is 0 Å². The number of pyridine rings is 1. The Morgan fingerprint density at radius 1 is 0.917 bits per heavy atom. The Balaban J connectivity index is 1.91. The molecule has 10 heteroatoms. The normalized spacial score (nSPS) is 11.9. The summed E-state index contributed by atoms with van der Waals surface area (Å²) in [5.41, 5.74) is 0.604. The lowest BCUT2D eigenvalue weighted by Crippen LogP contribution is -2.22. The lowest BCUT2D eigenvalue weighted by molar-refractivity contribution is 0.354. The molecular weight excluding hydrogens is 482 g/mol. The Morgan fingerprint density at radius 3 is 2.28 bits per heavy atom. The smallest absolute Gasteiger partial charge is 0.265 e. The molecule has 3 aromatic carbocycles. The van der Waals surface area contributed by atoms with Crippen LogP contribution in [0.3, 0.4) is 0 Å². The molecule has 0 radical (unpaired) electrons. The summed E-state index contributed by atoms with van der Waals surface area (Å²) in [6.07, 6.45) is 1.41. The van der Waals surface area contributed by atoms with Gasteiger partial charge < -0.3 is 14.6 Å². The molecule has 0 atom stereocenters. The molecule has 36 heavy (non-hydrogen) atoms. The van der Waals surface area contributed by atoms with Crippen LogP contribution in [-0.2, 0) is 10.0 Å². The Morgan fingerprint density at radius 2 is 1.61 bits per heavy atom. The van der Waals surface area contributed by atoms with Gasteiger partial charge in [0.25, 0.3) is 5.56 Å². The van der Waals surface area contributed by atoms with E-state index in [1.165, 1.54) is 51.2 Å². The van der Waals surface area contributed by atoms with Crippen LogP contribution in [0.15, 0.2) is 81.4 Å². The van der Waals surface area contributed by atoms with Crippen molar-refractivity contribution < 1.29 is 23.0 Å². The van der Waals surface area contributed by atoms with Gasteiger partial charge in [0.2, 0.25) is 15.9 Å². The van der Waals surface area contributed by atoms with Crippen molar-refractivity contribution in [3.05, 3.63) is 82.6 Å². The zero-order valence-corrected chi connectivity index (χ0v) is 21.0. The molecule has 0 saturated carbocycles. The molecule has 186 valence electrons. The molecule has 1 heterocycles. The number of aliphatic imine (C=N–C) groups is 1. The predicted molar refractivity (Wildman–Crippen MR) is 139 cm³/mol. The monoisotopic (exact) mass is 507 g/mol. The van der Waals surface area contributed by atoms with Crippen LogP contribution < -0.4 is 15.0 Å². The standard InChI is InChI=1S/C26H25N3O6S/c1-28(2)36(32,33)19-9-7-8-17(14-19)27-16-22-20-10-5-6-11-21(20)25(30)29(26(22)31)18-12-13-23(34-3)24(15-18)35-4/h5-16,31H,1-4H3. The lowest BCUT2D eigenvalue weighted by atomic mass is 10.1. The van der Waals surface area contributed by atoms with Gasteiger partial charge in [-0.1, -0.05) is 24.3 Å². The van der Waals surface area contributed by atoms with Gasteiger partial charge in [0.05, 0.1) is 36.1 Å². The lowest BCUT2D eigenvalue weighted by Gasteiger charge is -2.15. The molecule has 0 spiro atoms. The molecule has 1 aromatic heterocycles. The number of benzene rings is 3. The van der Waals surface area contributed by atoms with Crippen molar-refractivity contribution in [2.45, 2.75) is 4.90 Å². The average molecular weight is 508 g/mol. The third kappa shape index (κ3) is 4.43. The molecule has 9 nitrogen and oxygen atoms in total. The van der Waals surface area contributed by atoms with E-state index in [1.54, 1.807) is 54.6 Å². The molecule has 0 fully saturated rings. The Kier molecular flexibility index (Phi) is 6.82. The zero-order valence-electron chi connectivity index (χ0n) is 20.2. The van der Waals surface area contributed by atoms with Crippen LogP contribution in [0.25, 0.3) is 16.5 Å². The van der Waals surface area contributed by atoms with Crippen LogP contribution >= 0.6 is 0 Å². The van der Waals surface area contributed by atoms with Gasteiger partial charge >= 0.3 is 0 Å². The van der Waals surface area contributed by atoms with E-state index in [4.69, 9.17) is 9.47 Å². The number of methoxy groups -OCH3 is 2. The highest BCUT2D eigenvalue weighted by atomic mass is 32.2.